The van der Waals surface area contributed by atoms with E-state index in [9.17, 15) is 4.79 Å². The van der Waals surface area contributed by atoms with Crippen LogP contribution in [0.4, 0.5) is 5.69 Å². The van der Waals surface area contributed by atoms with E-state index in [-0.39, 0.29) is 0 Å². The minimum absolute atomic E-state index is 0.428. The van der Waals surface area contributed by atoms with Crippen LogP contribution in [0.2, 0.25) is 0 Å². The molecule has 28 heavy (non-hydrogen) atoms. The molecule has 1 aliphatic heterocycles. The number of carbonyl (C=O) groups is 1. The van der Waals surface area contributed by atoms with E-state index in [1.165, 1.54) is 0 Å². The Morgan fingerprint density at radius 1 is 1.18 bits per heavy atom. The molecule has 0 saturated carbocycles. The van der Waals surface area contributed by atoms with E-state index in [1.54, 1.807) is 31.4 Å². The van der Waals surface area contributed by atoms with Gasteiger partial charge in [0.05, 0.1) is 12.7 Å². The third-order valence-corrected chi connectivity index (χ3v) is 4.84. The Morgan fingerprint density at radius 3 is 2.50 bits per heavy atom. The van der Waals surface area contributed by atoms with Crippen molar-refractivity contribution in [1.29, 1.82) is 0 Å². The maximum absolute atomic E-state index is 12.8. The average Bonchev–Trinajstić information content (AvgIpc) is 2.70. The maximum atomic E-state index is 12.8. The molecule has 3 rings (SSSR count). The van der Waals surface area contributed by atoms with Crippen LogP contribution in [0.25, 0.3) is 0 Å². The average molecular weight is 385 g/mol. The second-order valence-corrected chi connectivity index (χ2v) is 7.14. The lowest BCUT2D eigenvalue weighted by Crippen LogP contribution is -2.51. The van der Waals surface area contributed by atoms with Gasteiger partial charge in [-0.15, -0.1) is 0 Å². The highest BCUT2D eigenvalue weighted by Crippen LogP contribution is 2.44. The van der Waals surface area contributed by atoms with Crippen LogP contribution in [-0.2, 0) is 9.47 Å². The number of carbonyl (C=O) groups excluding carboxylic acids is 1. The van der Waals surface area contributed by atoms with Crippen molar-refractivity contribution < 1.29 is 23.7 Å². The largest absolute Gasteiger partial charge is 0.497 e. The number of benzene rings is 2. The molecule has 0 amide bonds. The summed E-state index contributed by atoms with van der Waals surface area (Å²) in [5.74, 6) is 0.986. The fourth-order valence-corrected chi connectivity index (χ4v) is 3.36. The first-order chi connectivity index (χ1) is 13.4. The third kappa shape index (κ3) is 3.92. The summed E-state index contributed by atoms with van der Waals surface area (Å²) in [5.41, 5.74) is 1.49. The zero-order chi connectivity index (χ0) is 20.3. The van der Waals surface area contributed by atoms with Crippen LogP contribution in [0.3, 0.4) is 0 Å². The number of methoxy groups -OCH3 is 1. The minimum atomic E-state index is -0.754. The number of fused-ring (bicyclic) bond motifs is 1. The fraction of sp³-hybridized carbons (Fsp3) is 0.409. The molecule has 2 atom stereocenters. The van der Waals surface area contributed by atoms with Gasteiger partial charge in [0.1, 0.15) is 23.2 Å². The van der Waals surface area contributed by atoms with Crippen molar-refractivity contribution in [3.05, 3.63) is 53.6 Å². The molecular weight excluding hydrogens is 358 g/mol. The van der Waals surface area contributed by atoms with E-state index in [2.05, 4.69) is 5.32 Å². The van der Waals surface area contributed by atoms with Gasteiger partial charge >= 0.3 is 5.97 Å². The molecular formula is C22H27NO5. The normalized spacial score (nSPS) is 19.9. The van der Waals surface area contributed by atoms with E-state index < -0.39 is 23.8 Å². The summed E-state index contributed by atoms with van der Waals surface area (Å²) in [4.78, 5) is 12.8. The molecule has 2 aromatic rings. The molecule has 1 N–H and O–H groups in total. The van der Waals surface area contributed by atoms with Gasteiger partial charge in [-0.25, -0.2) is 4.79 Å². The summed E-state index contributed by atoms with van der Waals surface area (Å²) in [5, 5.41) is 3.12. The number of esters is 1. The Labute approximate surface area is 165 Å². The van der Waals surface area contributed by atoms with E-state index in [1.807, 2.05) is 46.0 Å². The van der Waals surface area contributed by atoms with Crippen molar-refractivity contribution in [2.24, 2.45) is 0 Å². The van der Waals surface area contributed by atoms with Crippen molar-refractivity contribution in [3.8, 4) is 11.5 Å². The first-order valence-electron chi connectivity index (χ1n) is 9.37. The number of anilines is 1. The van der Waals surface area contributed by atoms with E-state index in [4.69, 9.17) is 18.9 Å². The minimum Gasteiger partial charge on any atom is -0.497 e. The second kappa shape index (κ2) is 8.10. The number of ether oxygens (including phenoxy) is 4. The second-order valence-electron chi connectivity index (χ2n) is 7.14. The Bertz CT molecular complexity index is 831. The van der Waals surface area contributed by atoms with Crippen LogP contribution in [0, 0.1) is 0 Å². The summed E-state index contributed by atoms with van der Waals surface area (Å²) < 4.78 is 23.3. The Morgan fingerprint density at radius 2 is 1.89 bits per heavy atom. The van der Waals surface area contributed by atoms with Crippen LogP contribution in [0.15, 0.2) is 42.5 Å². The number of hydrogen-bond acceptors (Lipinski definition) is 6. The van der Waals surface area contributed by atoms with Gasteiger partial charge in [-0.05, 0) is 63.2 Å². The van der Waals surface area contributed by atoms with Crippen molar-refractivity contribution in [1.82, 2.24) is 0 Å². The number of nitrogens with one attached hydrogen (secondary N) is 1. The van der Waals surface area contributed by atoms with Gasteiger partial charge in [0.25, 0.3) is 0 Å². The SMILES string of the molecule is CCOC1c2cc(NC)ccc2OC(C)(C)C1OC(=O)c1ccc(OC)cc1. The van der Waals surface area contributed by atoms with Gasteiger partial charge in [-0.1, -0.05) is 0 Å². The summed E-state index contributed by atoms with van der Waals surface area (Å²) in [6.45, 7) is 6.22. The van der Waals surface area contributed by atoms with E-state index >= 15 is 0 Å². The maximum Gasteiger partial charge on any atom is 0.338 e. The Balaban J connectivity index is 1.93. The molecule has 0 radical (unpaired) electrons. The molecule has 150 valence electrons. The fourth-order valence-electron chi connectivity index (χ4n) is 3.36. The molecule has 1 aliphatic rings. The Hall–Kier alpha value is -2.73. The molecule has 0 saturated heterocycles. The molecule has 0 bridgehead atoms. The van der Waals surface area contributed by atoms with Crippen LogP contribution in [0.5, 0.6) is 11.5 Å². The molecule has 0 aliphatic carbocycles. The zero-order valence-corrected chi connectivity index (χ0v) is 16.9. The van der Waals surface area contributed by atoms with Crippen LogP contribution in [0.1, 0.15) is 42.8 Å². The third-order valence-electron chi connectivity index (χ3n) is 4.84. The van der Waals surface area contributed by atoms with Gasteiger partial charge < -0.3 is 24.3 Å². The lowest BCUT2D eigenvalue weighted by molar-refractivity contribution is -0.137. The van der Waals surface area contributed by atoms with Gasteiger partial charge in [-0.3, -0.25) is 0 Å². The highest BCUT2D eigenvalue weighted by molar-refractivity contribution is 5.89. The van der Waals surface area contributed by atoms with E-state index in [0.29, 0.717) is 17.9 Å². The smallest absolute Gasteiger partial charge is 0.338 e. The molecule has 0 aromatic heterocycles. The van der Waals surface area contributed by atoms with Crippen molar-refractivity contribution >= 4 is 11.7 Å². The standard InChI is InChI=1S/C22H27NO5/c1-6-26-19-17-13-15(23-4)9-12-18(17)28-22(2,3)20(19)27-21(24)14-7-10-16(25-5)11-8-14/h7-13,19-20,23H,6H2,1-5H3. The highest BCUT2D eigenvalue weighted by Gasteiger charge is 2.47. The molecule has 0 fully saturated rings. The summed E-state index contributed by atoms with van der Waals surface area (Å²) in [6.07, 6.45) is -1.04. The molecule has 2 unspecified atom stereocenters. The van der Waals surface area contributed by atoms with Crippen molar-refractivity contribution in [2.75, 3.05) is 26.1 Å². The number of rotatable bonds is 6. The lowest BCUT2D eigenvalue weighted by atomic mass is 9.87. The summed E-state index contributed by atoms with van der Waals surface area (Å²) in [6, 6.07) is 12.7. The predicted octanol–water partition coefficient (Wildman–Crippen LogP) is 4.21. The van der Waals surface area contributed by atoms with Crippen LogP contribution < -0.4 is 14.8 Å². The van der Waals surface area contributed by atoms with Gasteiger partial charge in [-0.2, -0.15) is 0 Å². The molecule has 6 heteroatoms. The number of hydrogen-bond donors (Lipinski definition) is 1. The van der Waals surface area contributed by atoms with Crippen LogP contribution >= 0.6 is 0 Å². The van der Waals surface area contributed by atoms with Gasteiger partial charge in [0, 0.05) is 24.9 Å². The monoisotopic (exact) mass is 385 g/mol. The molecule has 0 spiro atoms. The van der Waals surface area contributed by atoms with Gasteiger partial charge in [0.2, 0.25) is 0 Å². The topological polar surface area (TPSA) is 66.0 Å². The highest BCUT2D eigenvalue weighted by atomic mass is 16.6. The molecule has 1 heterocycles. The van der Waals surface area contributed by atoms with Gasteiger partial charge in [0.15, 0.2) is 6.10 Å². The predicted molar refractivity (Wildman–Crippen MR) is 107 cm³/mol. The molecule has 2 aromatic carbocycles. The molecule has 6 nitrogen and oxygen atoms in total. The lowest BCUT2D eigenvalue weighted by Gasteiger charge is -2.43. The summed E-state index contributed by atoms with van der Waals surface area (Å²) in [7, 11) is 3.44. The first kappa shape index (κ1) is 20.0. The van der Waals surface area contributed by atoms with Crippen molar-refractivity contribution in [2.45, 2.75) is 38.6 Å². The summed E-state index contributed by atoms with van der Waals surface area (Å²) >= 11 is 0. The zero-order valence-electron chi connectivity index (χ0n) is 16.9. The first-order valence-corrected chi connectivity index (χ1v) is 9.37. The van der Waals surface area contributed by atoms with Crippen molar-refractivity contribution in [3.63, 3.8) is 0 Å². The Kier molecular flexibility index (Phi) is 5.79. The van der Waals surface area contributed by atoms with E-state index in [0.717, 1.165) is 17.0 Å². The quantitative estimate of drug-likeness (QED) is 0.752. The van der Waals surface area contributed by atoms with Crippen LogP contribution in [-0.4, -0.2) is 38.4 Å².